The summed E-state index contributed by atoms with van der Waals surface area (Å²) in [6, 6.07) is 2.09. The highest BCUT2D eigenvalue weighted by Gasteiger charge is 2.23. The van der Waals surface area contributed by atoms with Gasteiger partial charge in [-0.1, -0.05) is 25.9 Å². The molecule has 0 saturated carbocycles. The highest BCUT2D eigenvalue weighted by atomic mass is 16.5. The topological polar surface area (TPSA) is 41.3 Å². The summed E-state index contributed by atoms with van der Waals surface area (Å²) >= 11 is 0. The standard InChI is InChI=1S/C15H27N3O/c1-4-6-16-9-14-8-15(19-17-14)11-18-7-5-12(2)13(3)10-18/h8,12-13,16H,4-7,9-11H2,1-3H3. The molecule has 4 heteroatoms. The van der Waals surface area contributed by atoms with Gasteiger partial charge in [0.25, 0.3) is 0 Å². The molecule has 2 heterocycles. The number of aromatic nitrogens is 1. The minimum absolute atomic E-state index is 0.780. The Balaban J connectivity index is 1.79. The molecule has 1 aromatic heterocycles. The highest BCUT2D eigenvalue weighted by molar-refractivity contribution is 5.05. The van der Waals surface area contributed by atoms with Crippen LogP contribution in [0, 0.1) is 11.8 Å². The Hall–Kier alpha value is -0.870. The number of piperidine rings is 1. The average molecular weight is 265 g/mol. The van der Waals surface area contributed by atoms with Crippen molar-refractivity contribution in [3.63, 3.8) is 0 Å². The quantitative estimate of drug-likeness (QED) is 0.803. The second kappa shape index (κ2) is 7.06. The SMILES string of the molecule is CCCNCc1cc(CN2CCC(C)C(C)C2)on1. The molecular formula is C15H27N3O. The van der Waals surface area contributed by atoms with Crippen molar-refractivity contribution >= 4 is 0 Å². The Bertz CT molecular complexity index is 377. The molecule has 2 rings (SSSR count). The van der Waals surface area contributed by atoms with E-state index in [9.17, 15) is 0 Å². The Morgan fingerprint density at radius 1 is 1.42 bits per heavy atom. The van der Waals surface area contributed by atoms with Gasteiger partial charge in [0.05, 0.1) is 12.2 Å². The number of nitrogens with zero attached hydrogens (tertiary/aromatic N) is 2. The molecule has 0 aliphatic carbocycles. The average Bonchev–Trinajstić information content (AvgIpc) is 2.82. The van der Waals surface area contributed by atoms with Gasteiger partial charge >= 0.3 is 0 Å². The van der Waals surface area contributed by atoms with E-state index in [4.69, 9.17) is 4.52 Å². The van der Waals surface area contributed by atoms with E-state index < -0.39 is 0 Å². The largest absolute Gasteiger partial charge is 0.360 e. The summed E-state index contributed by atoms with van der Waals surface area (Å²) in [5.74, 6) is 2.62. The number of nitrogens with one attached hydrogen (secondary N) is 1. The second-order valence-electron chi connectivity index (χ2n) is 5.94. The van der Waals surface area contributed by atoms with E-state index in [1.807, 2.05) is 0 Å². The van der Waals surface area contributed by atoms with Gasteiger partial charge in [-0.15, -0.1) is 0 Å². The van der Waals surface area contributed by atoms with Crippen molar-refractivity contribution in [3.05, 3.63) is 17.5 Å². The van der Waals surface area contributed by atoms with Gasteiger partial charge in [0.15, 0.2) is 5.76 Å². The summed E-state index contributed by atoms with van der Waals surface area (Å²) in [5.41, 5.74) is 1.02. The highest BCUT2D eigenvalue weighted by Crippen LogP contribution is 2.23. The lowest BCUT2D eigenvalue weighted by molar-refractivity contribution is 0.121. The molecule has 0 bridgehead atoms. The van der Waals surface area contributed by atoms with Crippen LogP contribution < -0.4 is 5.32 Å². The maximum absolute atomic E-state index is 5.43. The first kappa shape index (κ1) is 14.5. The molecule has 108 valence electrons. The van der Waals surface area contributed by atoms with E-state index in [-0.39, 0.29) is 0 Å². The normalized spacial score (nSPS) is 24.8. The molecule has 4 nitrogen and oxygen atoms in total. The van der Waals surface area contributed by atoms with Crippen LogP contribution in [0.25, 0.3) is 0 Å². The number of hydrogen-bond donors (Lipinski definition) is 1. The fourth-order valence-electron chi connectivity index (χ4n) is 2.62. The van der Waals surface area contributed by atoms with Crippen LogP contribution in [0.2, 0.25) is 0 Å². The van der Waals surface area contributed by atoms with Crippen LogP contribution in [0.4, 0.5) is 0 Å². The van der Waals surface area contributed by atoms with E-state index >= 15 is 0 Å². The van der Waals surface area contributed by atoms with E-state index in [0.717, 1.165) is 49.3 Å². The molecule has 0 amide bonds. The van der Waals surface area contributed by atoms with Gasteiger partial charge in [0.2, 0.25) is 0 Å². The van der Waals surface area contributed by atoms with Crippen molar-refractivity contribution in [2.75, 3.05) is 19.6 Å². The smallest absolute Gasteiger partial charge is 0.151 e. The van der Waals surface area contributed by atoms with Gasteiger partial charge in [-0.2, -0.15) is 0 Å². The van der Waals surface area contributed by atoms with Crippen molar-refractivity contribution in [2.24, 2.45) is 11.8 Å². The van der Waals surface area contributed by atoms with Gasteiger partial charge < -0.3 is 9.84 Å². The van der Waals surface area contributed by atoms with Gasteiger partial charge in [-0.25, -0.2) is 0 Å². The summed E-state index contributed by atoms with van der Waals surface area (Å²) < 4.78 is 5.43. The third kappa shape index (κ3) is 4.32. The zero-order chi connectivity index (χ0) is 13.7. The molecule has 0 radical (unpaired) electrons. The predicted octanol–water partition coefficient (Wildman–Crippen LogP) is 2.65. The van der Waals surface area contributed by atoms with Crippen molar-refractivity contribution in [3.8, 4) is 0 Å². The molecule has 1 fully saturated rings. The predicted molar refractivity (Wildman–Crippen MR) is 76.7 cm³/mol. The molecule has 1 saturated heterocycles. The lowest BCUT2D eigenvalue weighted by Gasteiger charge is -2.34. The van der Waals surface area contributed by atoms with Gasteiger partial charge in [-0.05, 0) is 37.8 Å². The third-order valence-electron chi connectivity index (χ3n) is 4.14. The maximum atomic E-state index is 5.43. The fourth-order valence-corrected chi connectivity index (χ4v) is 2.62. The minimum Gasteiger partial charge on any atom is -0.360 e. The van der Waals surface area contributed by atoms with Crippen LogP contribution >= 0.6 is 0 Å². The first-order valence-electron chi connectivity index (χ1n) is 7.56. The summed E-state index contributed by atoms with van der Waals surface area (Å²) in [6.07, 6.45) is 2.44. The van der Waals surface area contributed by atoms with E-state index in [2.05, 4.69) is 42.2 Å². The molecular weight excluding hydrogens is 238 g/mol. The number of rotatable bonds is 6. The summed E-state index contributed by atoms with van der Waals surface area (Å²) in [4.78, 5) is 2.48. The molecule has 0 spiro atoms. The van der Waals surface area contributed by atoms with Crippen LogP contribution in [0.1, 0.15) is 45.1 Å². The number of likely N-dealkylation sites (tertiary alicyclic amines) is 1. The Morgan fingerprint density at radius 3 is 3.00 bits per heavy atom. The summed E-state index contributed by atoms with van der Waals surface area (Å²) in [7, 11) is 0. The Labute approximate surface area is 116 Å². The molecule has 19 heavy (non-hydrogen) atoms. The van der Waals surface area contributed by atoms with Crippen LogP contribution in [0.5, 0.6) is 0 Å². The molecule has 1 aliphatic heterocycles. The summed E-state index contributed by atoms with van der Waals surface area (Å²) in [5, 5.41) is 7.47. The lowest BCUT2D eigenvalue weighted by Crippen LogP contribution is -2.37. The molecule has 2 unspecified atom stereocenters. The van der Waals surface area contributed by atoms with Gasteiger partial charge in [-0.3, -0.25) is 4.90 Å². The monoisotopic (exact) mass is 265 g/mol. The molecule has 0 aromatic carbocycles. The van der Waals surface area contributed by atoms with Crippen molar-refractivity contribution in [2.45, 2.75) is 46.7 Å². The molecule has 2 atom stereocenters. The van der Waals surface area contributed by atoms with Gasteiger partial charge in [0, 0.05) is 19.2 Å². The first-order chi connectivity index (χ1) is 9.19. The number of hydrogen-bond acceptors (Lipinski definition) is 4. The Kier molecular flexibility index (Phi) is 5.40. The fraction of sp³-hybridized carbons (Fsp3) is 0.800. The van der Waals surface area contributed by atoms with Crippen molar-refractivity contribution < 1.29 is 4.52 Å². The minimum atomic E-state index is 0.780. The van der Waals surface area contributed by atoms with Crippen LogP contribution in [-0.2, 0) is 13.1 Å². The van der Waals surface area contributed by atoms with Gasteiger partial charge in [0.1, 0.15) is 0 Å². The van der Waals surface area contributed by atoms with Crippen molar-refractivity contribution in [1.82, 2.24) is 15.4 Å². The first-order valence-corrected chi connectivity index (χ1v) is 7.56. The van der Waals surface area contributed by atoms with E-state index in [1.165, 1.54) is 19.5 Å². The van der Waals surface area contributed by atoms with Crippen LogP contribution in [0.3, 0.4) is 0 Å². The molecule has 1 aliphatic rings. The zero-order valence-corrected chi connectivity index (χ0v) is 12.5. The Morgan fingerprint density at radius 2 is 2.26 bits per heavy atom. The second-order valence-corrected chi connectivity index (χ2v) is 5.94. The third-order valence-corrected chi connectivity index (χ3v) is 4.14. The molecule has 1 aromatic rings. The van der Waals surface area contributed by atoms with E-state index in [1.54, 1.807) is 0 Å². The molecule has 1 N–H and O–H groups in total. The van der Waals surface area contributed by atoms with Crippen LogP contribution in [-0.4, -0.2) is 29.7 Å². The summed E-state index contributed by atoms with van der Waals surface area (Å²) in [6.45, 7) is 12.0. The van der Waals surface area contributed by atoms with E-state index in [0.29, 0.717) is 0 Å². The van der Waals surface area contributed by atoms with Crippen molar-refractivity contribution in [1.29, 1.82) is 0 Å². The lowest BCUT2D eigenvalue weighted by atomic mass is 9.89. The zero-order valence-electron chi connectivity index (χ0n) is 12.5. The maximum Gasteiger partial charge on any atom is 0.151 e. The van der Waals surface area contributed by atoms with Crippen LogP contribution in [0.15, 0.2) is 10.6 Å².